The van der Waals surface area contributed by atoms with Gasteiger partial charge in [0.05, 0.1) is 23.7 Å². The van der Waals surface area contributed by atoms with E-state index in [4.69, 9.17) is 16.3 Å². The van der Waals surface area contributed by atoms with Gasteiger partial charge in [0.2, 0.25) is 0 Å². The summed E-state index contributed by atoms with van der Waals surface area (Å²) in [7, 11) is 1.78. The third-order valence-corrected chi connectivity index (χ3v) is 5.44. The minimum Gasteiger partial charge on any atom is -0.381 e. The minimum atomic E-state index is -0.0278. The molecule has 0 spiro atoms. The summed E-state index contributed by atoms with van der Waals surface area (Å²) in [5, 5.41) is 3.63. The Labute approximate surface area is 145 Å². The van der Waals surface area contributed by atoms with Crippen LogP contribution in [0, 0.1) is 11.8 Å². The summed E-state index contributed by atoms with van der Waals surface area (Å²) in [5.41, 5.74) is 1.73. The molecule has 1 aliphatic carbocycles. The van der Waals surface area contributed by atoms with Crippen LogP contribution in [0.3, 0.4) is 0 Å². The molecular weight excluding hydrogens is 328 g/mol. The summed E-state index contributed by atoms with van der Waals surface area (Å²) in [6.07, 6.45) is 2.61. The second-order valence-corrected chi connectivity index (χ2v) is 7.14. The number of fused-ring (bicyclic) bond motifs is 3. The molecule has 7 heteroatoms. The van der Waals surface area contributed by atoms with Gasteiger partial charge in [-0.25, -0.2) is 9.78 Å². The van der Waals surface area contributed by atoms with Gasteiger partial charge in [-0.2, -0.15) is 0 Å². The molecule has 2 fully saturated rings. The van der Waals surface area contributed by atoms with Crippen LogP contribution >= 0.6 is 11.6 Å². The minimum absolute atomic E-state index is 0.0278. The predicted molar refractivity (Wildman–Crippen MR) is 91.9 cm³/mol. The summed E-state index contributed by atoms with van der Waals surface area (Å²) >= 11 is 5.98. The fraction of sp³-hybridized carbons (Fsp3) is 0.529. The predicted octanol–water partition coefficient (Wildman–Crippen LogP) is 2.78. The van der Waals surface area contributed by atoms with Crippen molar-refractivity contribution >= 4 is 28.7 Å². The summed E-state index contributed by atoms with van der Waals surface area (Å²) in [5.74, 6) is 1.66. The average Bonchev–Trinajstić information content (AvgIpc) is 3.08. The molecule has 128 valence electrons. The van der Waals surface area contributed by atoms with Gasteiger partial charge in [0.1, 0.15) is 5.82 Å². The Morgan fingerprint density at radius 3 is 2.88 bits per heavy atom. The highest BCUT2D eigenvalue weighted by Gasteiger charge is 2.43. The summed E-state index contributed by atoms with van der Waals surface area (Å²) in [6.45, 7) is 1.93. The number of rotatable bonds is 3. The third kappa shape index (κ3) is 2.84. The number of nitrogens with zero attached hydrogens (tertiary/aromatic N) is 2. The van der Waals surface area contributed by atoms with E-state index in [9.17, 15) is 4.79 Å². The zero-order valence-corrected chi connectivity index (χ0v) is 14.3. The van der Waals surface area contributed by atoms with Crippen molar-refractivity contribution in [2.75, 3.05) is 20.2 Å². The number of amides is 2. The Morgan fingerprint density at radius 2 is 2.17 bits per heavy atom. The molecule has 2 aliphatic rings. The summed E-state index contributed by atoms with van der Waals surface area (Å²) < 4.78 is 5.59. The Bertz CT molecular complexity index is 748. The summed E-state index contributed by atoms with van der Waals surface area (Å²) in [6, 6.07) is 5.48. The number of aromatic amines is 1. The summed E-state index contributed by atoms with van der Waals surface area (Å²) in [4.78, 5) is 22.0. The van der Waals surface area contributed by atoms with Gasteiger partial charge < -0.3 is 19.9 Å². The van der Waals surface area contributed by atoms with Crippen LogP contribution in [0.4, 0.5) is 4.79 Å². The number of methoxy groups -OCH3 is 1. The number of urea groups is 1. The Morgan fingerprint density at radius 1 is 1.42 bits per heavy atom. The molecule has 2 bridgehead atoms. The van der Waals surface area contributed by atoms with Crippen LogP contribution in [0.25, 0.3) is 11.0 Å². The number of carbonyl (C=O) groups is 1. The first kappa shape index (κ1) is 15.7. The van der Waals surface area contributed by atoms with Crippen LogP contribution in [0.15, 0.2) is 18.2 Å². The molecule has 2 N–H and O–H groups in total. The molecule has 1 aromatic heterocycles. The van der Waals surface area contributed by atoms with Crippen molar-refractivity contribution < 1.29 is 9.53 Å². The van der Waals surface area contributed by atoms with Gasteiger partial charge in [0.15, 0.2) is 0 Å². The van der Waals surface area contributed by atoms with Gasteiger partial charge in [-0.3, -0.25) is 0 Å². The van der Waals surface area contributed by atoms with Gasteiger partial charge >= 0.3 is 6.03 Å². The maximum atomic E-state index is 12.5. The lowest BCUT2D eigenvalue weighted by molar-refractivity contribution is -0.00510. The van der Waals surface area contributed by atoms with Crippen LogP contribution in [-0.4, -0.2) is 47.2 Å². The number of hydrogen-bond acceptors (Lipinski definition) is 3. The number of piperidine rings is 1. The molecule has 1 aliphatic heterocycles. The maximum absolute atomic E-state index is 12.5. The molecule has 1 saturated heterocycles. The first-order valence-corrected chi connectivity index (χ1v) is 8.71. The molecule has 6 nitrogen and oxygen atoms in total. The van der Waals surface area contributed by atoms with Gasteiger partial charge in [-0.1, -0.05) is 11.6 Å². The van der Waals surface area contributed by atoms with Crippen molar-refractivity contribution in [1.29, 1.82) is 0 Å². The highest BCUT2D eigenvalue weighted by atomic mass is 35.5. The number of likely N-dealkylation sites (tertiary alicyclic amines) is 1. The van der Waals surface area contributed by atoms with E-state index in [1.807, 2.05) is 23.1 Å². The largest absolute Gasteiger partial charge is 0.381 e. The maximum Gasteiger partial charge on any atom is 0.317 e. The monoisotopic (exact) mass is 348 g/mol. The van der Waals surface area contributed by atoms with Gasteiger partial charge in [0.25, 0.3) is 0 Å². The molecule has 3 atom stereocenters. The zero-order valence-electron chi connectivity index (χ0n) is 13.6. The second-order valence-electron chi connectivity index (χ2n) is 6.71. The number of halogens is 1. The van der Waals surface area contributed by atoms with E-state index < -0.39 is 0 Å². The molecule has 2 amide bonds. The van der Waals surface area contributed by atoms with Crippen molar-refractivity contribution in [1.82, 2.24) is 20.2 Å². The Balaban J connectivity index is 1.38. The van der Waals surface area contributed by atoms with Crippen molar-refractivity contribution in [3.8, 4) is 0 Å². The van der Waals surface area contributed by atoms with Crippen molar-refractivity contribution in [3.05, 3.63) is 29.0 Å². The highest BCUT2D eigenvalue weighted by Crippen LogP contribution is 2.38. The van der Waals surface area contributed by atoms with E-state index in [-0.39, 0.29) is 6.03 Å². The van der Waals surface area contributed by atoms with Crippen molar-refractivity contribution in [2.24, 2.45) is 11.8 Å². The first-order valence-electron chi connectivity index (χ1n) is 8.34. The lowest BCUT2D eigenvalue weighted by Crippen LogP contribution is -2.51. The normalized spacial score (nSPS) is 26.1. The van der Waals surface area contributed by atoms with Crippen molar-refractivity contribution in [3.63, 3.8) is 0 Å². The number of H-pyrrole nitrogens is 1. The number of benzene rings is 1. The van der Waals surface area contributed by atoms with E-state index in [1.54, 1.807) is 7.11 Å². The Hall–Kier alpha value is -1.79. The molecule has 1 saturated carbocycles. The van der Waals surface area contributed by atoms with E-state index in [2.05, 4.69) is 15.3 Å². The molecule has 2 heterocycles. The number of nitrogens with one attached hydrogen (secondary N) is 2. The van der Waals surface area contributed by atoms with Gasteiger partial charge in [-0.15, -0.1) is 0 Å². The zero-order chi connectivity index (χ0) is 16.7. The van der Waals surface area contributed by atoms with E-state index in [0.29, 0.717) is 29.5 Å². The molecular formula is C17H21ClN4O2. The number of ether oxygens (including phenoxy) is 1. The highest BCUT2D eigenvalue weighted by molar-refractivity contribution is 6.31. The Kier molecular flexibility index (Phi) is 4.10. The molecule has 4 rings (SSSR count). The van der Waals surface area contributed by atoms with Crippen LogP contribution in [0.5, 0.6) is 0 Å². The lowest BCUT2D eigenvalue weighted by atomic mass is 9.95. The molecule has 2 aromatic rings. The molecule has 0 radical (unpaired) electrons. The number of carbonyl (C=O) groups excluding carboxylic acids is 1. The van der Waals surface area contributed by atoms with E-state index in [0.717, 1.165) is 42.8 Å². The standard InChI is InChI=1S/C17H21ClN4O2/c1-24-16-10-2-3-11(16)9-22(8-10)17(23)19-7-15-20-13-5-4-12(18)6-14(13)21-15/h4-6,10-11,16H,2-3,7-9H2,1H3,(H,19,23)(H,20,21)/t10-,11+,16?. The van der Waals surface area contributed by atoms with Crippen LogP contribution in [0.1, 0.15) is 18.7 Å². The fourth-order valence-electron chi connectivity index (χ4n) is 4.11. The average molecular weight is 349 g/mol. The van der Waals surface area contributed by atoms with Crippen LogP contribution in [-0.2, 0) is 11.3 Å². The number of hydrogen-bond donors (Lipinski definition) is 2. The lowest BCUT2D eigenvalue weighted by Gasteiger charge is -2.37. The van der Waals surface area contributed by atoms with E-state index in [1.165, 1.54) is 0 Å². The fourth-order valence-corrected chi connectivity index (χ4v) is 4.28. The number of imidazole rings is 1. The number of aromatic nitrogens is 2. The van der Waals surface area contributed by atoms with Gasteiger partial charge in [-0.05, 0) is 31.0 Å². The first-order chi connectivity index (χ1) is 11.6. The van der Waals surface area contributed by atoms with Gasteiger partial charge in [0, 0.05) is 37.1 Å². The van der Waals surface area contributed by atoms with Crippen LogP contribution in [0.2, 0.25) is 5.02 Å². The van der Waals surface area contributed by atoms with Crippen molar-refractivity contribution in [2.45, 2.75) is 25.5 Å². The van der Waals surface area contributed by atoms with E-state index >= 15 is 0 Å². The molecule has 1 aromatic carbocycles. The quantitative estimate of drug-likeness (QED) is 0.896. The third-order valence-electron chi connectivity index (χ3n) is 5.21. The smallest absolute Gasteiger partial charge is 0.317 e. The van der Waals surface area contributed by atoms with Crippen LogP contribution < -0.4 is 5.32 Å². The molecule has 1 unspecified atom stereocenters. The topological polar surface area (TPSA) is 70.2 Å². The SMILES string of the molecule is COC1[C@@H]2CC[C@H]1CN(C(=O)NCc1nc3ccc(Cl)cc3[nH]1)C2. The molecule has 24 heavy (non-hydrogen) atoms. The second kappa shape index (κ2) is 6.26.